The summed E-state index contributed by atoms with van der Waals surface area (Å²) in [5.41, 5.74) is 3.48. The van der Waals surface area contributed by atoms with Crippen molar-refractivity contribution >= 4 is 5.91 Å². The molecule has 2 heteroatoms. The lowest BCUT2D eigenvalue weighted by Crippen LogP contribution is -2.35. The molecule has 0 heterocycles. The monoisotopic (exact) mass is 273 g/mol. The second-order valence-corrected chi connectivity index (χ2v) is 6.75. The molecule has 1 aliphatic carbocycles. The molecule has 1 amide bonds. The Morgan fingerprint density at radius 2 is 1.80 bits per heavy atom. The summed E-state index contributed by atoms with van der Waals surface area (Å²) in [6.45, 7) is 9.46. The predicted molar refractivity (Wildman–Crippen MR) is 83.9 cm³/mol. The van der Waals surface area contributed by atoms with Crippen LogP contribution in [0.3, 0.4) is 0 Å². The van der Waals surface area contributed by atoms with Crippen molar-refractivity contribution in [1.29, 1.82) is 0 Å². The van der Waals surface area contributed by atoms with E-state index in [1.807, 2.05) is 0 Å². The maximum atomic E-state index is 12.5. The lowest BCUT2D eigenvalue weighted by atomic mass is 9.92. The van der Waals surface area contributed by atoms with Gasteiger partial charge in [-0.15, -0.1) is 0 Å². The molecule has 1 N–H and O–H groups in total. The number of nitrogens with one attached hydrogen (secondary N) is 1. The minimum Gasteiger partial charge on any atom is -0.355 e. The third kappa shape index (κ3) is 3.41. The molecule has 2 nitrogen and oxygen atoms in total. The lowest BCUT2D eigenvalue weighted by molar-refractivity contribution is -0.123. The van der Waals surface area contributed by atoms with E-state index in [-0.39, 0.29) is 11.3 Å². The Balaban J connectivity index is 1.98. The summed E-state index contributed by atoms with van der Waals surface area (Å²) < 4.78 is 0. The predicted octanol–water partition coefficient (Wildman–Crippen LogP) is 3.89. The molecule has 0 aromatic heterocycles. The van der Waals surface area contributed by atoms with Gasteiger partial charge < -0.3 is 5.32 Å². The van der Waals surface area contributed by atoms with Gasteiger partial charge in [0.2, 0.25) is 5.91 Å². The van der Waals surface area contributed by atoms with Gasteiger partial charge in [0.25, 0.3) is 0 Å². The second kappa shape index (κ2) is 5.99. The van der Waals surface area contributed by atoms with Crippen LogP contribution in [-0.2, 0) is 10.2 Å². The molecule has 1 aromatic carbocycles. The van der Waals surface area contributed by atoms with E-state index in [4.69, 9.17) is 0 Å². The molecule has 20 heavy (non-hydrogen) atoms. The Labute approximate surface area is 123 Å². The first-order valence-electron chi connectivity index (χ1n) is 7.81. The van der Waals surface area contributed by atoms with Crippen LogP contribution in [0.2, 0.25) is 0 Å². The number of rotatable bonds is 6. The van der Waals surface area contributed by atoms with Crippen LogP contribution >= 0.6 is 0 Å². The molecule has 1 fully saturated rings. The van der Waals surface area contributed by atoms with Crippen molar-refractivity contribution in [3.8, 4) is 0 Å². The van der Waals surface area contributed by atoms with Crippen molar-refractivity contribution in [2.45, 2.75) is 58.8 Å². The SMILES string of the molecule is Cc1cc(C)cc(C2(C(=O)NCCCC(C)C)CC2)c1. The Morgan fingerprint density at radius 1 is 1.20 bits per heavy atom. The first kappa shape index (κ1) is 15.1. The first-order valence-corrected chi connectivity index (χ1v) is 7.81. The van der Waals surface area contributed by atoms with Gasteiger partial charge in [0.05, 0.1) is 5.41 Å². The average Bonchev–Trinajstić information content (AvgIpc) is 3.14. The molecule has 1 saturated carbocycles. The highest BCUT2D eigenvalue weighted by Crippen LogP contribution is 2.48. The van der Waals surface area contributed by atoms with E-state index in [2.05, 4.69) is 51.2 Å². The minimum absolute atomic E-state index is 0.228. The van der Waals surface area contributed by atoms with Gasteiger partial charge in [-0.3, -0.25) is 4.79 Å². The second-order valence-electron chi connectivity index (χ2n) is 6.75. The zero-order valence-electron chi connectivity index (χ0n) is 13.3. The van der Waals surface area contributed by atoms with Crippen LogP contribution in [0.25, 0.3) is 0 Å². The number of benzene rings is 1. The molecule has 0 radical (unpaired) electrons. The third-order valence-electron chi connectivity index (χ3n) is 4.20. The van der Waals surface area contributed by atoms with Crippen LogP contribution in [0.5, 0.6) is 0 Å². The summed E-state index contributed by atoms with van der Waals surface area (Å²) in [5, 5.41) is 3.14. The Bertz CT molecular complexity index is 466. The zero-order valence-corrected chi connectivity index (χ0v) is 13.3. The highest BCUT2D eigenvalue weighted by molar-refractivity contribution is 5.91. The van der Waals surface area contributed by atoms with Gasteiger partial charge in [0, 0.05) is 6.54 Å². The summed E-state index contributed by atoms with van der Waals surface area (Å²) in [5.74, 6) is 0.937. The Kier molecular flexibility index (Phi) is 4.52. The van der Waals surface area contributed by atoms with Gasteiger partial charge in [-0.2, -0.15) is 0 Å². The van der Waals surface area contributed by atoms with E-state index in [1.54, 1.807) is 0 Å². The summed E-state index contributed by atoms with van der Waals surface area (Å²) in [6.07, 6.45) is 4.24. The van der Waals surface area contributed by atoms with Crippen molar-refractivity contribution in [3.05, 3.63) is 34.9 Å². The van der Waals surface area contributed by atoms with Crippen LogP contribution in [-0.4, -0.2) is 12.5 Å². The number of hydrogen-bond donors (Lipinski definition) is 1. The van der Waals surface area contributed by atoms with Crippen molar-refractivity contribution in [1.82, 2.24) is 5.32 Å². The fourth-order valence-electron chi connectivity index (χ4n) is 2.90. The molecule has 0 spiro atoms. The maximum absolute atomic E-state index is 12.5. The summed E-state index contributed by atoms with van der Waals surface area (Å²) in [4.78, 5) is 12.5. The van der Waals surface area contributed by atoms with Crippen molar-refractivity contribution < 1.29 is 4.79 Å². The smallest absolute Gasteiger partial charge is 0.230 e. The quantitative estimate of drug-likeness (QED) is 0.783. The molecule has 0 unspecified atom stereocenters. The molecule has 1 aliphatic rings. The normalized spacial score (nSPS) is 16.2. The van der Waals surface area contributed by atoms with Crippen LogP contribution in [0, 0.1) is 19.8 Å². The first-order chi connectivity index (χ1) is 9.44. The molecular formula is C18H27NO. The van der Waals surface area contributed by atoms with Crippen molar-refractivity contribution in [3.63, 3.8) is 0 Å². The molecule has 110 valence electrons. The lowest BCUT2D eigenvalue weighted by Gasteiger charge is -2.17. The summed E-state index contributed by atoms with van der Waals surface area (Å²) >= 11 is 0. The average molecular weight is 273 g/mol. The fourth-order valence-corrected chi connectivity index (χ4v) is 2.90. The van der Waals surface area contributed by atoms with Crippen molar-refractivity contribution in [2.24, 2.45) is 5.92 Å². The van der Waals surface area contributed by atoms with Crippen LogP contribution in [0.1, 0.15) is 56.2 Å². The topological polar surface area (TPSA) is 29.1 Å². The zero-order chi connectivity index (χ0) is 14.8. The molecule has 0 bridgehead atoms. The minimum atomic E-state index is -0.228. The van der Waals surface area contributed by atoms with E-state index < -0.39 is 0 Å². The largest absolute Gasteiger partial charge is 0.355 e. The van der Waals surface area contributed by atoms with Crippen LogP contribution in [0.4, 0.5) is 0 Å². The Morgan fingerprint density at radius 3 is 2.30 bits per heavy atom. The van der Waals surface area contributed by atoms with Gasteiger partial charge in [-0.1, -0.05) is 43.2 Å². The van der Waals surface area contributed by atoms with E-state index in [9.17, 15) is 4.79 Å². The van der Waals surface area contributed by atoms with Crippen LogP contribution < -0.4 is 5.32 Å². The van der Waals surface area contributed by atoms with Gasteiger partial charge in [0.1, 0.15) is 0 Å². The van der Waals surface area contributed by atoms with E-state index >= 15 is 0 Å². The van der Waals surface area contributed by atoms with Crippen LogP contribution in [0.15, 0.2) is 18.2 Å². The number of carbonyl (C=O) groups is 1. The summed E-state index contributed by atoms with van der Waals surface area (Å²) in [7, 11) is 0. The van der Waals surface area contributed by atoms with E-state index in [0.717, 1.165) is 25.8 Å². The molecule has 0 aliphatic heterocycles. The molecule has 0 atom stereocenters. The van der Waals surface area contributed by atoms with Gasteiger partial charge in [-0.05, 0) is 51.0 Å². The maximum Gasteiger partial charge on any atom is 0.230 e. The van der Waals surface area contributed by atoms with E-state index in [1.165, 1.54) is 23.1 Å². The molecule has 2 rings (SSSR count). The fraction of sp³-hybridized carbons (Fsp3) is 0.611. The number of amides is 1. The van der Waals surface area contributed by atoms with Gasteiger partial charge >= 0.3 is 0 Å². The van der Waals surface area contributed by atoms with Gasteiger partial charge in [-0.25, -0.2) is 0 Å². The molecule has 0 saturated heterocycles. The highest BCUT2D eigenvalue weighted by atomic mass is 16.2. The highest BCUT2D eigenvalue weighted by Gasteiger charge is 2.51. The number of hydrogen-bond acceptors (Lipinski definition) is 1. The number of aryl methyl sites for hydroxylation is 2. The number of carbonyl (C=O) groups excluding carboxylic acids is 1. The molecule has 1 aromatic rings. The van der Waals surface area contributed by atoms with Crippen molar-refractivity contribution in [2.75, 3.05) is 6.54 Å². The Hall–Kier alpha value is -1.31. The molecular weight excluding hydrogens is 246 g/mol. The van der Waals surface area contributed by atoms with E-state index in [0.29, 0.717) is 5.92 Å². The van der Waals surface area contributed by atoms with Gasteiger partial charge in [0.15, 0.2) is 0 Å². The summed E-state index contributed by atoms with van der Waals surface area (Å²) in [6, 6.07) is 6.52. The standard InChI is InChI=1S/C18H27NO/c1-13(2)6-5-9-19-17(20)18(7-8-18)16-11-14(3)10-15(4)12-16/h10-13H,5-9H2,1-4H3,(H,19,20). The third-order valence-corrected chi connectivity index (χ3v) is 4.20.